The third-order valence-corrected chi connectivity index (χ3v) is 2.33. The van der Waals surface area contributed by atoms with Crippen molar-refractivity contribution in [1.29, 1.82) is 0 Å². The molecule has 0 bridgehead atoms. The molecule has 0 radical (unpaired) electrons. The Balaban J connectivity index is 2.82. The van der Waals surface area contributed by atoms with Crippen molar-refractivity contribution in [1.82, 2.24) is 0 Å². The van der Waals surface area contributed by atoms with Crippen LogP contribution in [0.25, 0.3) is 0 Å². The Bertz CT molecular complexity index is 329. The molecule has 0 fully saturated rings. The van der Waals surface area contributed by atoms with Gasteiger partial charge in [0, 0.05) is 5.38 Å². The molecular formula is C8H8O4S. The van der Waals surface area contributed by atoms with Gasteiger partial charge in [-0.1, -0.05) is 0 Å². The van der Waals surface area contributed by atoms with Gasteiger partial charge in [0.1, 0.15) is 0 Å². The minimum Gasteiger partial charge on any atom is -0.478 e. The fourth-order valence-electron chi connectivity index (χ4n) is 0.876. The first-order chi connectivity index (χ1) is 6.15. The van der Waals surface area contributed by atoms with Crippen molar-refractivity contribution < 1.29 is 19.4 Å². The summed E-state index contributed by atoms with van der Waals surface area (Å²) in [6.45, 7) is 0. The van der Waals surface area contributed by atoms with Crippen molar-refractivity contribution in [3.63, 3.8) is 0 Å². The highest BCUT2D eigenvalue weighted by Gasteiger charge is 2.13. The van der Waals surface area contributed by atoms with Crippen LogP contribution in [0, 0.1) is 0 Å². The lowest BCUT2D eigenvalue weighted by molar-refractivity contribution is -0.139. The number of ether oxygens (including phenoxy) is 1. The highest BCUT2D eigenvalue weighted by molar-refractivity contribution is 7.08. The molecule has 5 heteroatoms. The van der Waals surface area contributed by atoms with Crippen LogP contribution >= 0.6 is 11.3 Å². The molecule has 70 valence electrons. The number of carboxylic acids is 1. The lowest BCUT2D eigenvalue weighted by Gasteiger charge is -1.97. The van der Waals surface area contributed by atoms with Crippen molar-refractivity contribution in [2.75, 3.05) is 7.11 Å². The standard InChI is InChI=1S/C8H8O4S/c1-12-7(9)2-5-3-13-4-6(5)8(10)11/h3-4H,2H2,1H3,(H,10,11). The van der Waals surface area contributed by atoms with Gasteiger partial charge in [0.05, 0.1) is 19.1 Å². The highest BCUT2D eigenvalue weighted by Crippen LogP contribution is 2.15. The maximum atomic E-state index is 10.8. The van der Waals surface area contributed by atoms with E-state index in [-0.39, 0.29) is 12.0 Å². The number of hydrogen-bond donors (Lipinski definition) is 1. The van der Waals surface area contributed by atoms with Crippen molar-refractivity contribution in [3.8, 4) is 0 Å². The van der Waals surface area contributed by atoms with Crippen LogP contribution in [0.3, 0.4) is 0 Å². The Morgan fingerprint density at radius 3 is 2.77 bits per heavy atom. The number of hydrogen-bond acceptors (Lipinski definition) is 4. The molecule has 1 rings (SSSR count). The maximum Gasteiger partial charge on any atom is 0.336 e. The summed E-state index contributed by atoms with van der Waals surface area (Å²) in [5.41, 5.74) is 0.680. The third-order valence-electron chi connectivity index (χ3n) is 1.54. The van der Waals surface area contributed by atoms with Crippen molar-refractivity contribution in [3.05, 3.63) is 21.9 Å². The average Bonchev–Trinajstić information content (AvgIpc) is 2.52. The number of esters is 1. The molecule has 0 saturated heterocycles. The minimum absolute atomic E-state index is 0.0155. The molecular weight excluding hydrogens is 192 g/mol. The predicted octanol–water partition coefficient (Wildman–Crippen LogP) is 1.16. The third kappa shape index (κ3) is 2.29. The molecule has 0 spiro atoms. The Hall–Kier alpha value is -1.36. The summed E-state index contributed by atoms with van der Waals surface area (Å²) in [6.07, 6.45) is 0.0155. The van der Waals surface area contributed by atoms with Crippen molar-refractivity contribution in [2.45, 2.75) is 6.42 Å². The average molecular weight is 200 g/mol. The SMILES string of the molecule is COC(=O)Cc1cscc1C(=O)O. The Morgan fingerprint density at radius 2 is 2.23 bits per heavy atom. The second kappa shape index (κ2) is 4.04. The summed E-state index contributed by atoms with van der Waals surface area (Å²) in [6, 6.07) is 0. The Labute approximate surface area is 78.8 Å². The van der Waals surface area contributed by atoms with E-state index in [1.807, 2.05) is 0 Å². The van der Waals surface area contributed by atoms with Crippen LogP contribution in [0.2, 0.25) is 0 Å². The van der Waals surface area contributed by atoms with Crippen molar-refractivity contribution in [2.24, 2.45) is 0 Å². The first kappa shape index (κ1) is 9.73. The summed E-state index contributed by atoms with van der Waals surface area (Å²) < 4.78 is 4.43. The number of rotatable bonds is 3. The summed E-state index contributed by atoms with van der Waals surface area (Å²) in [7, 11) is 1.27. The van der Waals surface area contributed by atoms with E-state index in [1.54, 1.807) is 5.38 Å². The van der Waals surface area contributed by atoms with Gasteiger partial charge in [-0.05, 0) is 10.9 Å². The van der Waals surface area contributed by atoms with E-state index in [1.165, 1.54) is 23.8 Å². The maximum absolute atomic E-state index is 10.8. The fraction of sp³-hybridized carbons (Fsp3) is 0.250. The van der Waals surface area contributed by atoms with E-state index in [2.05, 4.69) is 4.74 Å². The molecule has 0 aromatic carbocycles. The molecule has 0 aliphatic rings. The molecule has 1 heterocycles. The molecule has 1 aromatic rings. The molecule has 0 aliphatic carbocycles. The fourth-order valence-corrected chi connectivity index (χ4v) is 1.71. The van der Waals surface area contributed by atoms with Gasteiger partial charge >= 0.3 is 11.9 Å². The second-order valence-electron chi connectivity index (χ2n) is 2.37. The predicted molar refractivity (Wildman–Crippen MR) is 47.0 cm³/mol. The first-order valence-corrected chi connectivity index (χ1v) is 4.44. The van der Waals surface area contributed by atoms with Crippen molar-refractivity contribution >= 4 is 23.3 Å². The van der Waals surface area contributed by atoms with Gasteiger partial charge < -0.3 is 9.84 Å². The molecule has 0 amide bonds. The van der Waals surface area contributed by atoms with Crippen LogP contribution in [0.15, 0.2) is 10.8 Å². The zero-order valence-electron chi connectivity index (χ0n) is 6.94. The molecule has 4 nitrogen and oxygen atoms in total. The summed E-state index contributed by atoms with van der Waals surface area (Å²) in [5.74, 6) is -1.44. The van der Waals surface area contributed by atoms with Gasteiger partial charge in [0.25, 0.3) is 0 Å². The van der Waals surface area contributed by atoms with E-state index in [0.717, 1.165) is 0 Å². The van der Waals surface area contributed by atoms with Gasteiger partial charge in [-0.25, -0.2) is 4.79 Å². The van der Waals surface area contributed by atoms with E-state index in [0.29, 0.717) is 5.56 Å². The molecule has 1 N–H and O–H groups in total. The van der Waals surface area contributed by atoms with Crippen LogP contribution in [-0.2, 0) is 16.0 Å². The van der Waals surface area contributed by atoms with Gasteiger partial charge in [0.2, 0.25) is 0 Å². The van der Waals surface area contributed by atoms with Crippen LogP contribution < -0.4 is 0 Å². The minimum atomic E-state index is -1.01. The monoisotopic (exact) mass is 200 g/mol. The Morgan fingerprint density at radius 1 is 1.54 bits per heavy atom. The lowest BCUT2D eigenvalue weighted by Crippen LogP contribution is -2.07. The topological polar surface area (TPSA) is 63.6 Å². The second-order valence-corrected chi connectivity index (χ2v) is 3.11. The molecule has 0 unspecified atom stereocenters. The number of thiophene rings is 1. The van der Waals surface area contributed by atoms with Gasteiger partial charge in [-0.2, -0.15) is 11.3 Å². The molecule has 0 atom stereocenters. The molecule has 0 aliphatic heterocycles. The zero-order chi connectivity index (χ0) is 9.84. The number of carboxylic acid groups (broad SMARTS) is 1. The molecule has 1 aromatic heterocycles. The number of carbonyl (C=O) groups excluding carboxylic acids is 1. The quantitative estimate of drug-likeness (QED) is 0.744. The van der Waals surface area contributed by atoms with E-state index < -0.39 is 11.9 Å². The summed E-state index contributed by atoms with van der Waals surface area (Å²) >= 11 is 1.26. The van der Waals surface area contributed by atoms with E-state index in [9.17, 15) is 9.59 Å². The normalized spacial score (nSPS) is 9.62. The van der Waals surface area contributed by atoms with Crippen LogP contribution in [0.1, 0.15) is 15.9 Å². The van der Waals surface area contributed by atoms with Crippen LogP contribution in [-0.4, -0.2) is 24.2 Å². The van der Waals surface area contributed by atoms with Gasteiger partial charge in [0.15, 0.2) is 0 Å². The van der Waals surface area contributed by atoms with Crippen LogP contribution in [0.5, 0.6) is 0 Å². The number of aromatic carboxylic acids is 1. The highest BCUT2D eigenvalue weighted by atomic mass is 32.1. The summed E-state index contributed by atoms with van der Waals surface area (Å²) in [4.78, 5) is 21.5. The Kier molecular flexibility index (Phi) is 3.02. The summed E-state index contributed by atoms with van der Waals surface area (Å²) in [5, 5.41) is 11.8. The number of carbonyl (C=O) groups is 2. The number of methoxy groups -OCH3 is 1. The lowest BCUT2D eigenvalue weighted by atomic mass is 10.1. The van der Waals surface area contributed by atoms with E-state index >= 15 is 0 Å². The zero-order valence-corrected chi connectivity index (χ0v) is 7.76. The molecule has 13 heavy (non-hydrogen) atoms. The molecule has 0 saturated carbocycles. The van der Waals surface area contributed by atoms with E-state index in [4.69, 9.17) is 5.11 Å². The van der Waals surface area contributed by atoms with Gasteiger partial charge in [-0.15, -0.1) is 0 Å². The van der Waals surface area contributed by atoms with Gasteiger partial charge in [-0.3, -0.25) is 4.79 Å². The first-order valence-electron chi connectivity index (χ1n) is 3.50. The largest absolute Gasteiger partial charge is 0.478 e. The van der Waals surface area contributed by atoms with Crippen LogP contribution in [0.4, 0.5) is 0 Å². The smallest absolute Gasteiger partial charge is 0.336 e.